The van der Waals surface area contributed by atoms with Crippen molar-refractivity contribution in [1.82, 2.24) is 5.43 Å². The molecule has 0 fully saturated rings. The Labute approximate surface area is 170 Å². The first kappa shape index (κ1) is 20.5. The Morgan fingerprint density at radius 2 is 2.00 bits per heavy atom. The Morgan fingerprint density at radius 3 is 2.72 bits per heavy atom. The fourth-order valence-corrected chi connectivity index (χ4v) is 3.01. The van der Waals surface area contributed by atoms with E-state index in [9.17, 15) is 14.0 Å². The third kappa shape index (κ3) is 4.81. The number of amides is 1. The summed E-state index contributed by atoms with van der Waals surface area (Å²) < 4.78 is 23.9. The molecule has 0 radical (unpaired) electrons. The molecule has 0 spiro atoms. The zero-order valence-electron chi connectivity index (χ0n) is 16.0. The number of fused-ring (bicyclic) bond motifs is 1. The lowest BCUT2D eigenvalue weighted by Gasteiger charge is -2.14. The summed E-state index contributed by atoms with van der Waals surface area (Å²) in [5, 5.41) is 4.97. The van der Waals surface area contributed by atoms with Gasteiger partial charge in [-0.3, -0.25) is 4.79 Å². The molecule has 1 aromatic heterocycles. The number of carbonyl (C=O) groups excluding carboxylic acids is 1. The molecule has 0 saturated carbocycles. The predicted octanol–water partition coefficient (Wildman–Crippen LogP) is 4.20. The molecule has 3 rings (SSSR count). The number of nitrogens with one attached hydrogen (secondary N) is 1. The van der Waals surface area contributed by atoms with Crippen molar-refractivity contribution in [3.8, 4) is 5.75 Å². The molecule has 0 saturated heterocycles. The lowest BCUT2D eigenvalue weighted by Crippen LogP contribution is -2.34. The summed E-state index contributed by atoms with van der Waals surface area (Å²) in [6.45, 7) is 5.00. The first-order valence-corrected chi connectivity index (χ1v) is 9.13. The van der Waals surface area contributed by atoms with E-state index in [4.69, 9.17) is 20.8 Å². The van der Waals surface area contributed by atoms with Gasteiger partial charge in [-0.05, 0) is 56.7 Å². The monoisotopic (exact) mass is 416 g/mol. The van der Waals surface area contributed by atoms with Gasteiger partial charge in [0.15, 0.2) is 6.10 Å². The summed E-state index contributed by atoms with van der Waals surface area (Å²) in [4.78, 5) is 23.8. The van der Waals surface area contributed by atoms with Crippen LogP contribution < -0.4 is 15.8 Å². The molecule has 1 heterocycles. The molecule has 1 amide bonds. The van der Waals surface area contributed by atoms with E-state index < -0.39 is 23.5 Å². The van der Waals surface area contributed by atoms with Crippen molar-refractivity contribution >= 4 is 34.2 Å². The van der Waals surface area contributed by atoms with E-state index in [1.165, 1.54) is 24.3 Å². The Hall–Kier alpha value is -3.19. The van der Waals surface area contributed by atoms with E-state index in [2.05, 4.69) is 10.5 Å². The minimum atomic E-state index is -0.871. The van der Waals surface area contributed by atoms with Crippen LogP contribution in [0.2, 0.25) is 5.02 Å². The highest BCUT2D eigenvalue weighted by Crippen LogP contribution is 2.23. The van der Waals surface area contributed by atoms with Crippen molar-refractivity contribution in [1.29, 1.82) is 0 Å². The zero-order chi connectivity index (χ0) is 21.1. The number of aryl methyl sites for hydroxylation is 1. The van der Waals surface area contributed by atoms with Crippen LogP contribution in [-0.2, 0) is 4.79 Å². The molecular weight excluding hydrogens is 399 g/mol. The van der Waals surface area contributed by atoms with E-state index in [0.29, 0.717) is 22.6 Å². The number of ether oxygens (including phenoxy) is 1. The van der Waals surface area contributed by atoms with Gasteiger partial charge in [-0.2, -0.15) is 5.10 Å². The van der Waals surface area contributed by atoms with Crippen LogP contribution in [0, 0.1) is 12.7 Å². The van der Waals surface area contributed by atoms with Gasteiger partial charge in [-0.1, -0.05) is 11.6 Å². The molecule has 0 unspecified atom stereocenters. The lowest BCUT2D eigenvalue weighted by atomic mass is 10.1. The van der Waals surface area contributed by atoms with Crippen molar-refractivity contribution in [2.75, 3.05) is 0 Å². The molecule has 8 heteroatoms. The molecule has 0 bridgehead atoms. The molecule has 3 aromatic rings. The maximum atomic E-state index is 13.1. The van der Waals surface area contributed by atoms with E-state index in [1.54, 1.807) is 32.0 Å². The van der Waals surface area contributed by atoms with Crippen LogP contribution in [0.3, 0.4) is 0 Å². The SMILES string of the molecule is C/C(=N/NC(=O)[C@H](C)Oc1ccc2c(C)cc(=O)oc2c1)c1ccc(F)cc1Cl. The molecule has 0 aliphatic rings. The minimum Gasteiger partial charge on any atom is -0.481 e. The highest BCUT2D eigenvalue weighted by atomic mass is 35.5. The number of benzene rings is 2. The molecule has 1 N–H and O–H groups in total. The number of carbonyl (C=O) groups is 1. The Kier molecular flexibility index (Phi) is 5.98. The van der Waals surface area contributed by atoms with Gasteiger partial charge < -0.3 is 9.15 Å². The summed E-state index contributed by atoms with van der Waals surface area (Å²) in [5.74, 6) is -0.580. The quantitative estimate of drug-likeness (QED) is 0.384. The van der Waals surface area contributed by atoms with Gasteiger partial charge in [0.1, 0.15) is 17.1 Å². The molecule has 2 aromatic carbocycles. The van der Waals surface area contributed by atoms with Crippen LogP contribution in [0.4, 0.5) is 4.39 Å². The summed E-state index contributed by atoms with van der Waals surface area (Å²) >= 11 is 5.99. The summed E-state index contributed by atoms with van der Waals surface area (Å²) in [5.41, 5.74) is 4.02. The maximum Gasteiger partial charge on any atom is 0.336 e. The third-order valence-corrected chi connectivity index (χ3v) is 4.57. The number of rotatable bonds is 5. The maximum absolute atomic E-state index is 13.1. The van der Waals surface area contributed by atoms with Crippen LogP contribution in [0.5, 0.6) is 5.75 Å². The van der Waals surface area contributed by atoms with Gasteiger partial charge >= 0.3 is 5.63 Å². The van der Waals surface area contributed by atoms with E-state index in [1.807, 2.05) is 6.92 Å². The van der Waals surface area contributed by atoms with Crippen LogP contribution in [0.15, 0.2) is 56.8 Å². The smallest absolute Gasteiger partial charge is 0.336 e. The molecule has 0 aliphatic heterocycles. The van der Waals surface area contributed by atoms with Gasteiger partial charge in [0.25, 0.3) is 5.91 Å². The Balaban J connectivity index is 1.70. The first-order chi connectivity index (χ1) is 13.7. The summed E-state index contributed by atoms with van der Waals surface area (Å²) in [6, 6.07) is 10.3. The number of nitrogens with zero attached hydrogens (tertiary/aromatic N) is 1. The van der Waals surface area contributed by atoms with E-state index >= 15 is 0 Å². The summed E-state index contributed by atoms with van der Waals surface area (Å²) in [7, 11) is 0. The molecule has 6 nitrogen and oxygen atoms in total. The van der Waals surface area contributed by atoms with E-state index in [-0.39, 0.29) is 5.02 Å². The normalized spacial score (nSPS) is 12.7. The van der Waals surface area contributed by atoms with Crippen molar-refractivity contribution in [2.45, 2.75) is 26.9 Å². The Bertz CT molecular complexity index is 1170. The van der Waals surface area contributed by atoms with Crippen LogP contribution in [-0.4, -0.2) is 17.7 Å². The second kappa shape index (κ2) is 8.45. The standard InChI is InChI=1S/C21H18ClFN2O4/c1-11-8-20(26)29-19-10-15(5-7-16(11)19)28-13(3)21(27)25-24-12(2)17-6-4-14(23)9-18(17)22/h4-10,13H,1-3H3,(H,25,27)/b24-12-/t13-/m0/s1. The predicted molar refractivity (Wildman–Crippen MR) is 109 cm³/mol. The van der Waals surface area contributed by atoms with Gasteiger partial charge in [0, 0.05) is 23.1 Å². The lowest BCUT2D eigenvalue weighted by molar-refractivity contribution is -0.127. The fraction of sp³-hybridized carbons (Fsp3) is 0.190. The minimum absolute atomic E-state index is 0.192. The van der Waals surface area contributed by atoms with Crippen LogP contribution in [0.25, 0.3) is 11.0 Å². The highest BCUT2D eigenvalue weighted by Gasteiger charge is 2.15. The topological polar surface area (TPSA) is 80.9 Å². The molecule has 29 heavy (non-hydrogen) atoms. The number of hydrogen-bond acceptors (Lipinski definition) is 5. The molecule has 0 aliphatic carbocycles. The van der Waals surface area contributed by atoms with Gasteiger partial charge in [-0.15, -0.1) is 0 Å². The Morgan fingerprint density at radius 1 is 1.24 bits per heavy atom. The molecular formula is C21H18ClFN2O4. The van der Waals surface area contributed by atoms with Crippen LogP contribution >= 0.6 is 11.6 Å². The number of hydrogen-bond donors (Lipinski definition) is 1. The van der Waals surface area contributed by atoms with Gasteiger partial charge in [0.2, 0.25) is 0 Å². The van der Waals surface area contributed by atoms with Crippen molar-refractivity contribution in [2.24, 2.45) is 5.10 Å². The van der Waals surface area contributed by atoms with Gasteiger partial charge in [0.05, 0.1) is 10.7 Å². The second-order valence-corrected chi connectivity index (χ2v) is 6.87. The average molecular weight is 417 g/mol. The molecule has 150 valence electrons. The zero-order valence-corrected chi connectivity index (χ0v) is 16.7. The van der Waals surface area contributed by atoms with Crippen molar-refractivity contribution in [3.05, 3.63) is 74.9 Å². The van der Waals surface area contributed by atoms with E-state index in [0.717, 1.165) is 10.9 Å². The van der Waals surface area contributed by atoms with Crippen molar-refractivity contribution < 1.29 is 18.3 Å². The highest BCUT2D eigenvalue weighted by molar-refractivity contribution is 6.34. The third-order valence-electron chi connectivity index (χ3n) is 4.26. The second-order valence-electron chi connectivity index (χ2n) is 6.46. The summed E-state index contributed by atoms with van der Waals surface area (Å²) in [6.07, 6.45) is -0.871. The number of hydrazone groups is 1. The van der Waals surface area contributed by atoms with Crippen LogP contribution in [0.1, 0.15) is 25.0 Å². The van der Waals surface area contributed by atoms with Crippen molar-refractivity contribution in [3.63, 3.8) is 0 Å². The fourth-order valence-electron chi connectivity index (χ4n) is 2.71. The van der Waals surface area contributed by atoms with Gasteiger partial charge in [-0.25, -0.2) is 14.6 Å². The average Bonchev–Trinajstić information content (AvgIpc) is 2.65. The first-order valence-electron chi connectivity index (χ1n) is 8.75. The number of halogens is 2. The largest absolute Gasteiger partial charge is 0.481 e. The molecule has 1 atom stereocenters.